The number of benzene rings is 2. The van der Waals surface area contributed by atoms with Gasteiger partial charge in [0, 0.05) is 10.0 Å². The first-order valence-corrected chi connectivity index (χ1v) is 6.96. The molecule has 106 valence electrons. The zero-order valence-corrected chi connectivity index (χ0v) is 12.8. The van der Waals surface area contributed by atoms with E-state index in [1.165, 1.54) is 6.07 Å². The van der Waals surface area contributed by atoms with Crippen molar-refractivity contribution in [2.45, 2.75) is 13.5 Å². The summed E-state index contributed by atoms with van der Waals surface area (Å²) in [5.74, 6) is -0.330. The number of nitrogens with zero attached hydrogens (tertiary/aromatic N) is 1. The summed E-state index contributed by atoms with van der Waals surface area (Å²) in [6, 6.07) is 12.1. The molecule has 0 aliphatic rings. The number of hydrogen-bond donors (Lipinski definition) is 1. The highest BCUT2D eigenvalue weighted by molar-refractivity contribution is 9.10. The summed E-state index contributed by atoms with van der Waals surface area (Å²) in [7, 11) is 0. The van der Waals surface area contributed by atoms with Gasteiger partial charge in [0.25, 0.3) is 0 Å². The van der Waals surface area contributed by atoms with E-state index in [0.717, 1.165) is 11.1 Å². The topological polar surface area (TPSA) is 70.3 Å². The molecule has 0 saturated carbocycles. The van der Waals surface area contributed by atoms with Crippen LogP contribution >= 0.6 is 15.9 Å². The zero-order chi connectivity index (χ0) is 15.4. The Kier molecular flexibility index (Phi) is 4.61. The summed E-state index contributed by atoms with van der Waals surface area (Å²) >= 11 is 3.34. The van der Waals surface area contributed by atoms with Crippen molar-refractivity contribution < 1.29 is 14.6 Å². The Bertz CT molecular complexity index is 735. The third-order valence-electron chi connectivity index (χ3n) is 3.00. The minimum absolute atomic E-state index is 0.216. The third kappa shape index (κ3) is 3.61. The molecule has 0 unspecified atom stereocenters. The second-order valence-corrected chi connectivity index (χ2v) is 5.35. The van der Waals surface area contributed by atoms with Gasteiger partial charge in [-0.2, -0.15) is 5.26 Å². The van der Waals surface area contributed by atoms with Gasteiger partial charge < -0.3 is 9.84 Å². The number of halogens is 1. The minimum atomic E-state index is -0.972. The van der Waals surface area contributed by atoms with E-state index in [2.05, 4.69) is 22.0 Å². The van der Waals surface area contributed by atoms with Gasteiger partial charge in [0.1, 0.15) is 12.4 Å². The number of nitriles is 1. The van der Waals surface area contributed by atoms with Gasteiger partial charge >= 0.3 is 5.97 Å². The second kappa shape index (κ2) is 6.42. The summed E-state index contributed by atoms with van der Waals surface area (Å²) in [6.45, 7) is 2.19. The Morgan fingerprint density at radius 2 is 2.10 bits per heavy atom. The first-order valence-electron chi connectivity index (χ1n) is 6.16. The number of carboxylic acids is 1. The fourth-order valence-corrected chi connectivity index (χ4v) is 2.27. The summed E-state index contributed by atoms with van der Waals surface area (Å²) in [5.41, 5.74) is 2.53. The van der Waals surface area contributed by atoms with Crippen molar-refractivity contribution in [3.63, 3.8) is 0 Å². The van der Waals surface area contributed by atoms with Crippen molar-refractivity contribution in [2.24, 2.45) is 0 Å². The molecule has 0 aliphatic carbocycles. The van der Waals surface area contributed by atoms with E-state index in [-0.39, 0.29) is 12.2 Å². The van der Waals surface area contributed by atoms with Crippen LogP contribution in [0.25, 0.3) is 0 Å². The van der Waals surface area contributed by atoms with Gasteiger partial charge in [-0.3, -0.25) is 0 Å². The molecule has 2 aromatic carbocycles. The molecule has 0 amide bonds. The molecule has 2 rings (SSSR count). The molecule has 5 heteroatoms. The summed E-state index contributed by atoms with van der Waals surface area (Å²) in [4.78, 5) is 10.9. The lowest BCUT2D eigenvalue weighted by molar-refractivity contribution is 0.0696. The van der Waals surface area contributed by atoms with Crippen LogP contribution in [0.4, 0.5) is 0 Å². The van der Waals surface area contributed by atoms with Crippen LogP contribution in [0.3, 0.4) is 0 Å². The summed E-state index contributed by atoms with van der Waals surface area (Å²) in [6.07, 6.45) is 0. The highest BCUT2D eigenvalue weighted by atomic mass is 79.9. The molecule has 0 fully saturated rings. The van der Waals surface area contributed by atoms with E-state index in [9.17, 15) is 4.79 Å². The molecule has 0 atom stereocenters. The molecule has 1 N–H and O–H groups in total. The average molecular weight is 346 g/mol. The van der Waals surface area contributed by atoms with E-state index < -0.39 is 5.97 Å². The van der Waals surface area contributed by atoms with E-state index in [1.54, 1.807) is 24.3 Å². The molecule has 0 aromatic heterocycles. The van der Waals surface area contributed by atoms with Gasteiger partial charge in [-0.1, -0.05) is 28.1 Å². The van der Waals surface area contributed by atoms with Crippen LogP contribution in [0.15, 0.2) is 40.9 Å². The summed E-state index contributed by atoms with van der Waals surface area (Å²) in [5, 5.41) is 17.8. The Morgan fingerprint density at radius 1 is 1.33 bits per heavy atom. The van der Waals surface area contributed by atoms with Gasteiger partial charge in [0.15, 0.2) is 0 Å². The van der Waals surface area contributed by atoms with Crippen LogP contribution < -0.4 is 4.74 Å². The monoisotopic (exact) mass is 345 g/mol. The maximum absolute atomic E-state index is 10.9. The van der Waals surface area contributed by atoms with Crippen LogP contribution in [-0.2, 0) is 6.61 Å². The maximum atomic E-state index is 10.9. The number of hydrogen-bond acceptors (Lipinski definition) is 3. The highest BCUT2D eigenvalue weighted by Gasteiger charge is 2.08. The number of carboxylic acid groups (broad SMARTS) is 1. The van der Waals surface area contributed by atoms with Crippen molar-refractivity contribution in [3.05, 3.63) is 63.1 Å². The van der Waals surface area contributed by atoms with Crippen molar-refractivity contribution in [3.8, 4) is 11.8 Å². The van der Waals surface area contributed by atoms with Crippen LogP contribution in [0, 0.1) is 18.3 Å². The van der Waals surface area contributed by atoms with E-state index in [4.69, 9.17) is 15.1 Å². The zero-order valence-electron chi connectivity index (χ0n) is 11.3. The van der Waals surface area contributed by atoms with Gasteiger partial charge in [-0.25, -0.2) is 4.79 Å². The third-order valence-corrected chi connectivity index (χ3v) is 3.74. The van der Waals surface area contributed by atoms with Crippen LogP contribution in [0.2, 0.25) is 0 Å². The van der Waals surface area contributed by atoms with Crippen LogP contribution in [0.5, 0.6) is 5.75 Å². The Balaban J connectivity index is 2.17. The van der Waals surface area contributed by atoms with Gasteiger partial charge in [-0.05, 0) is 36.8 Å². The van der Waals surface area contributed by atoms with E-state index in [0.29, 0.717) is 15.8 Å². The Labute approximate surface area is 130 Å². The average Bonchev–Trinajstić information content (AvgIpc) is 2.47. The molecule has 0 aliphatic heterocycles. The molecule has 2 aromatic rings. The number of ether oxygens (including phenoxy) is 1. The smallest absolute Gasteiger partial charge is 0.335 e. The predicted molar refractivity (Wildman–Crippen MR) is 81.3 cm³/mol. The molecular weight excluding hydrogens is 334 g/mol. The lowest BCUT2D eigenvalue weighted by atomic mass is 10.1. The van der Waals surface area contributed by atoms with Crippen molar-refractivity contribution in [2.75, 3.05) is 0 Å². The standard InChI is InChI=1S/C16H12BrNO3/c1-10-2-3-11(8-18)6-15(10)21-9-13-5-4-12(16(19)20)7-14(13)17/h2-7H,9H2,1H3,(H,19,20). The molecule has 0 heterocycles. The molecule has 0 saturated heterocycles. The Morgan fingerprint density at radius 3 is 2.71 bits per heavy atom. The molecule has 4 nitrogen and oxygen atoms in total. The van der Waals surface area contributed by atoms with Gasteiger partial charge in [0.05, 0.1) is 17.2 Å². The summed E-state index contributed by atoms with van der Waals surface area (Å²) < 4.78 is 6.40. The van der Waals surface area contributed by atoms with Crippen molar-refractivity contribution in [1.82, 2.24) is 0 Å². The first-order chi connectivity index (χ1) is 10.0. The SMILES string of the molecule is Cc1ccc(C#N)cc1OCc1ccc(C(=O)O)cc1Br. The number of rotatable bonds is 4. The second-order valence-electron chi connectivity index (χ2n) is 4.49. The largest absolute Gasteiger partial charge is 0.489 e. The van der Waals surface area contributed by atoms with Crippen molar-refractivity contribution >= 4 is 21.9 Å². The number of aromatic carboxylic acids is 1. The van der Waals surface area contributed by atoms with Gasteiger partial charge in [-0.15, -0.1) is 0 Å². The van der Waals surface area contributed by atoms with Crippen LogP contribution in [0.1, 0.15) is 27.0 Å². The molecule has 0 bridgehead atoms. The lowest BCUT2D eigenvalue weighted by Gasteiger charge is -2.11. The van der Waals surface area contributed by atoms with E-state index in [1.807, 2.05) is 13.0 Å². The van der Waals surface area contributed by atoms with Crippen LogP contribution in [-0.4, -0.2) is 11.1 Å². The lowest BCUT2D eigenvalue weighted by Crippen LogP contribution is -2.01. The maximum Gasteiger partial charge on any atom is 0.335 e. The molecule has 21 heavy (non-hydrogen) atoms. The fraction of sp³-hybridized carbons (Fsp3) is 0.125. The first kappa shape index (κ1) is 15.1. The number of aryl methyl sites for hydroxylation is 1. The van der Waals surface area contributed by atoms with Gasteiger partial charge in [0.2, 0.25) is 0 Å². The predicted octanol–water partition coefficient (Wildman–Crippen LogP) is 3.91. The quantitative estimate of drug-likeness (QED) is 0.911. The molecule has 0 spiro atoms. The highest BCUT2D eigenvalue weighted by Crippen LogP contribution is 2.24. The Hall–Kier alpha value is -2.32. The van der Waals surface area contributed by atoms with Crippen molar-refractivity contribution in [1.29, 1.82) is 5.26 Å². The number of carbonyl (C=O) groups is 1. The fourth-order valence-electron chi connectivity index (χ4n) is 1.78. The van der Waals surface area contributed by atoms with E-state index >= 15 is 0 Å². The normalized spacial score (nSPS) is 9.95. The molecular formula is C16H12BrNO3. The molecule has 0 radical (unpaired) electrons. The minimum Gasteiger partial charge on any atom is -0.489 e.